The second-order valence-corrected chi connectivity index (χ2v) is 8.70. The minimum atomic E-state index is -3.79. The average Bonchev–Trinajstić information content (AvgIpc) is 2.81. The van der Waals surface area contributed by atoms with E-state index in [1.165, 1.54) is 23.5 Å². The van der Waals surface area contributed by atoms with Crippen molar-refractivity contribution in [3.05, 3.63) is 60.2 Å². The summed E-state index contributed by atoms with van der Waals surface area (Å²) < 4.78 is 37.9. The van der Waals surface area contributed by atoms with E-state index in [1.807, 2.05) is 0 Å². The van der Waals surface area contributed by atoms with E-state index in [0.29, 0.717) is 18.8 Å². The van der Waals surface area contributed by atoms with E-state index < -0.39 is 28.1 Å². The van der Waals surface area contributed by atoms with Crippen LogP contribution in [0.5, 0.6) is 5.75 Å². The molecule has 1 fully saturated rings. The molecule has 0 bridgehead atoms. The van der Waals surface area contributed by atoms with Crippen molar-refractivity contribution in [1.29, 1.82) is 0 Å². The molecule has 1 atom stereocenters. The monoisotopic (exact) mass is 447 g/mol. The van der Waals surface area contributed by atoms with Crippen molar-refractivity contribution in [2.24, 2.45) is 0 Å². The zero-order chi connectivity index (χ0) is 22.3. The molecule has 2 N–H and O–H groups in total. The molecule has 2 aromatic carbocycles. The fourth-order valence-electron chi connectivity index (χ4n) is 3.20. The summed E-state index contributed by atoms with van der Waals surface area (Å²) in [6.45, 7) is 0.594. The zero-order valence-electron chi connectivity index (χ0n) is 17.1. The zero-order valence-corrected chi connectivity index (χ0v) is 17.9. The summed E-state index contributed by atoms with van der Waals surface area (Å²) >= 11 is 0. The lowest BCUT2D eigenvalue weighted by Crippen LogP contribution is -2.53. The summed E-state index contributed by atoms with van der Waals surface area (Å²) in [5, 5.41) is 4.98. The van der Waals surface area contributed by atoms with E-state index >= 15 is 0 Å². The number of ether oxygens (including phenoxy) is 2. The Kier molecular flexibility index (Phi) is 7.61. The lowest BCUT2D eigenvalue weighted by Gasteiger charge is -2.34. The van der Waals surface area contributed by atoms with E-state index in [9.17, 15) is 18.0 Å². The first-order valence-corrected chi connectivity index (χ1v) is 11.2. The lowest BCUT2D eigenvalue weighted by molar-refractivity contribution is -0.140. The Morgan fingerprint density at radius 1 is 1.06 bits per heavy atom. The van der Waals surface area contributed by atoms with Crippen molar-refractivity contribution in [1.82, 2.24) is 14.9 Å². The number of carbonyl (C=O) groups is 2. The van der Waals surface area contributed by atoms with Crippen LogP contribution in [0.2, 0.25) is 0 Å². The maximum Gasteiger partial charge on any atom is 0.309 e. The average molecular weight is 448 g/mol. The molecule has 1 saturated heterocycles. The summed E-state index contributed by atoms with van der Waals surface area (Å²) in [6, 6.07) is 15.1. The first-order valence-electron chi connectivity index (χ1n) is 9.80. The Morgan fingerprint density at radius 3 is 2.48 bits per heavy atom. The summed E-state index contributed by atoms with van der Waals surface area (Å²) in [4.78, 5) is 24.5. The molecule has 2 amide bonds. The molecule has 2 aromatic rings. The minimum absolute atomic E-state index is 0.116. The third-order valence-electron chi connectivity index (χ3n) is 4.78. The number of amides is 2. The van der Waals surface area contributed by atoms with Crippen LogP contribution in [0.1, 0.15) is 12.0 Å². The van der Waals surface area contributed by atoms with Crippen molar-refractivity contribution < 1.29 is 27.5 Å². The van der Waals surface area contributed by atoms with Crippen LogP contribution in [0.25, 0.3) is 0 Å². The fraction of sp³-hybridized carbons (Fsp3) is 0.333. The Labute approximate surface area is 181 Å². The van der Waals surface area contributed by atoms with Gasteiger partial charge in [0.15, 0.2) is 0 Å². The molecular weight excluding hydrogens is 422 g/mol. The van der Waals surface area contributed by atoms with Crippen LogP contribution in [0.15, 0.2) is 59.5 Å². The molecule has 9 nitrogen and oxygen atoms in total. The van der Waals surface area contributed by atoms with Gasteiger partial charge in [-0.2, -0.15) is 4.31 Å². The molecule has 1 aliphatic rings. The van der Waals surface area contributed by atoms with Gasteiger partial charge < -0.3 is 20.1 Å². The van der Waals surface area contributed by atoms with Crippen LogP contribution in [0.4, 0.5) is 0 Å². The van der Waals surface area contributed by atoms with Crippen molar-refractivity contribution in [2.75, 3.05) is 26.8 Å². The fourth-order valence-corrected chi connectivity index (χ4v) is 4.78. The van der Waals surface area contributed by atoms with Crippen LogP contribution in [-0.4, -0.2) is 57.6 Å². The van der Waals surface area contributed by atoms with Gasteiger partial charge in [0.05, 0.1) is 25.2 Å². The molecule has 31 heavy (non-hydrogen) atoms. The number of nitrogens with one attached hydrogen (secondary N) is 2. The van der Waals surface area contributed by atoms with Crippen molar-refractivity contribution in [3.8, 4) is 5.75 Å². The van der Waals surface area contributed by atoms with Gasteiger partial charge in [-0.1, -0.05) is 36.4 Å². The lowest BCUT2D eigenvalue weighted by atomic mass is 10.2. The second kappa shape index (κ2) is 10.4. The standard InChI is InChI=1S/C21H25N3O6S/c1-29-18-11-6-5-8-16(18)14-22-20(25)21(26)23-15-19-24(12-7-13-30-19)31(27,28)17-9-3-2-4-10-17/h2-6,8-11,19H,7,12-15H2,1H3,(H,22,25)(H,23,26)/t19-/m1/s1. The number of para-hydroxylation sites is 1. The predicted molar refractivity (Wildman–Crippen MR) is 113 cm³/mol. The van der Waals surface area contributed by atoms with Gasteiger partial charge in [-0.15, -0.1) is 0 Å². The molecule has 10 heteroatoms. The third kappa shape index (κ3) is 5.60. The van der Waals surface area contributed by atoms with E-state index in [1.54, 1.807) is 42.5 Å². The van der Waals surface area contributed by atoms with Gasteiger partial charge in [0.1, 0.15) is 12.0 Å². The van der Waals surface area contributed by atoms with Gasteiger partial charge in [0, 0.05) is 18.7 Å². The molecule has 166 valence electrons. The summed E-state index contributed by atoms with van der Waals surface area (Å²) in [5.74, 6) is -1.11. The van der Waals surface area contributed by atoms with E-state index in [4.69, 9.17) is 9.47 Å². The van der Waals surface area contributed by atoms with Crippen LogP contribution < -0.4 is 15.4 Å². The van der Waals surface area contributed by atoms with Crippen LogP contribution >= 0.6 is 0 Å². The van der Waals surface area contributed by atoms with Crippen LogP contribution in [0, 0.1) is 0 Å². The maximum absolute atomic E-state index is 12.9. The van der Waals surface area contributed by atoms with Crippen LogP contribution in [-0.2, 0) is 30.9 Å². The highest BCUT2D eigenvalue weighted by atomic mass is 32.2. The van der Waals surface area contributed by atoms with E-state index in [0.717, 1.165) is 5.56 Å². The molecule has 3 rings (SSSR count). The van der Waals surface area contributed by atoms with Crippen molar-refractivity contribution >= 4 is 21.8 Å². The molecule has 0 unspecified atom stereocenters. The van der Waals surface area contributed by atoms with E-state index in [2.05, 4.69) is 10.6 Å². The van der Waals surface area contributed by atoms with Gasteiger partial charge in [-0.25, -0.2) is 8.42 Å². The van der Waals surface area contributed by atoms with Gasteiger partial charge in [0.25, 0.3) is 0 Å². The van der Waals surface area contributed by atoms with Gasteiger partial charge in [0.2, 0.25) is 10.0 Å². The Hall–Kier alpha value is -2.95. The smallest absolute Gasteiger partial charge is 0.309 e. The number of hydrogen-bond acceptors (Lipinski definition) is 6. The molecular formula is C21H25N3O6S. The molecule has 0 aliphatic carbocycles. The molecule has 0 spiro atoms. The first-order chi connectivity index (χ1) is 14.9. The number of sulfonamides is 1. The van der Waals surface area contributed by atoms with E-state index in [-0.39, 0.29) is 24.5 Å². The number of benzene rings is 2. The number of carbonyl (C=O) groups excluding carboxylic acids is 2. The number of hydrogen-bond donors (Lipinski definition) is 2. The highest BCUT2D eigenvalue weighted by Gasteiger charge is 2.34. The second-order valence-electron chi connectivity index (χ2n) is 6.81. The van der Waals surface area contributed by atoms with Crippen LogP contribution in [0.3, 0.4) is 0 Å². The predicted octanol–water partition coefficient (Wildman–Crippen LogP) is 0.865. The number of nitrogens with zero attached hydrogens (tertiary/aromatic N) is 1. The summed E-state index contributed by atoms with van der Waals surface area (Å²) in [5.41, 5.74) is 0.724. The molecule has 1 heterocycles. The Bertz CT molecular complexity index is 1010. The molecule has 0 saturated carbocycles. The Balaban J connectivity index is 1.58. The Morgan fingerprint density at radius 2 is 1.74 bits per heavy atom. The topological polar surface area (TPSA) is 114 Å². The summed E-state index contributed by atoms with van der Waals surface area (Å²) in [6.07, 6.45) is -0.361. The SMILES string of the molecule is COc1ccccc1CNC(=O)C(=O)NC[C@H]1OCCCN1S(=O)(=O)c1ccccc1. The van der Waals surface area contributed by atoms with Crippen molar-refractivity contribution in [3.63, 3.8) is 0 Å². The third-order valence-corrected chi connectivity index (χ3v) is 6.68. The number of methoxy groups -OCH3 is 1. The largest absolute Gasteiger partial charge is 0.496 e. The summed E-state index contributed by atoms with van der Waals surface area (Å²) in [7, 11) is -2.27. The first kappa shape index (κ1) is 22.7. The maximum atomic E-state index is 12.9. The highest BCUT2D eigenvalue weighted by Crippen LogP contribution is 2.21. The van der Waals surface area contributed by atoms with Gasteiger partial charge in [-0.05, 0) is 24.6 Å². The van der Waals surface area contributed by atoms with Gasteiger partial charge >= 0.3 is 11.8 Å². The quantitative estimate of drug-likeness (QED) is 0.609. The normalized spacial score (nSPS) is 17.0. The van der Waals surface area contributed by atoms with Crippen molar-refractivity contribution in [2.45, 2.75) is 24.1 Å². The molecule has 0 radical (unpaired) electrons. The highest BCUT2D eigenvalue weighted by molar-refractivity contribution is 7.89. The molecule has 1 aliphatic heterocycles. The minimum Gasteiger partial charge on any atom is -0.496 e. The van der Waals surface area contributed by atoms with Gasteiger partial charge in [-0.3, -0.25) is 9.59 Å². The number of rotatable bonds is 7. The molecule has 0 aromatic heterocycles.